The molecule has 2 N–H and O–H groups in total. The van der Waals surface area contributed by atoms with Crippen molar-refractivity contribution >= 4 is 17.5 Å². The van der Waals surface area contributed by atoms with Gasteiger partial charge >= 0.3 is 0 Å². The maximum absolute atomic E-state index is 11.3. The fraction of sp³-hybridized carbons (Fsp3) is 0.320. The first-order valence-corrected chi connectivity index (χ1v) is 11.2. The number of carbonyl (C=O) groups is 1. The fourth-order valence-electron chi connectivity index (χ4n) is 3.57. The molecule has 9 nitrogen and oxygen atoms in total. The predicted octanol–water partition coefficient (Wildman–Crippen LogP) is 2.76. The lowest BCUT2D eigenvalue weighted by Crippen LogP contribution is -2.45. The van der Waals surface area contributed by atoms with Crippen molar-refractivity contribution in [2.24, 2.45) is 5.73 Å². The topological polar surface area (TPSA) is 97.0 Å². The molecule has 0 radical (unpaired) electrons. The van der Waals surface area contributed by atoms with Gasteiger partial charge < -0.3 is 29.9 Å². The SMILES string of the molecule is CN1CCN(c2ncc(Oc3ccc(C(N)=O)cc3)c(OCc3cccc(N(C)C)c3)n2)CC1. The lowest BCUT2D eigenvalue weighted by Gasteiger charge is -2.32. The van der Waals surface area contributed by atoms with Gasteiger partial charge in [-0.3, -0.25) is 4.79 Å². The zero-order valence-corrected chi connectivity index (χ0v) is 19.8. The molecule has 1 aliphatic heterocycles. The highest BCUT2D eigenvalue weighted by atomic mass is 16.5. The minimum Gasteiger partial charge on any atom is -0.470 e. The Labute approximate surface area is 199 Å². The fourth-order valence-corrected chi connectivity index (χ4v) is 3.57. The van der Waals surface area contributed by atoms with Gasteiger partial charge in [0.2, 0.25) is 17.6 Å². The number of carbonyl (C=O) groups excluding carboxylic acids is 1. The van der Waals surface area contributed by atoms with Gasteiger partial charge in [0.05, 0.1) is 6.20 Å². The van der Waals surface area contributed by atoms with Crippen molar-refractivity contribution in [1.29, 1.82) is 0 Å². The van der Waals surface area contributed by atoms with Crippen LogP contribution in [0.4, 0.5) is 11.6 Å². The Morgan fingerprint density at radius 1 is 1.09 bits per heavy atom. The summed E-state index contributed by atoms with van der Waals surface area (Å²) in [5.41, 5.74) is 7.85. The second kappa shape index (κ2) is 10.4. The third kappa shape index (κ3) is 5.74. The molecule has 2 aromatic carbocycles. The first kappa shape index (κ1) is 23.3. The highest BCUT2D eigenvalue weighted by Gasteiger charge is 2.20. The van der Waals surface area contributed by atoms with Crippen molar-refractivity contribution < 1.29 is 14.3 Å². The number of nitrogens with zero attached hydrogens (tertiary/aromatic N) is 5. The molecule has 0 aliphatic carbocycles. The summed E-state index contributed by atoms with van der Waals surface area (Å²) in [6, 6.07) is 14.7. The van der Waals surface area contributed by atoms with Crippen molar-refractivity contribution in [3.8, 4) is 17.4 Å². The van der Waals surface area contributed by atoms with Gasteiger partial charge in [0.25, 0.3) is 5.88 Å². The van der Waals surface area contributed by atoms with E-state index in [4.69, 9.17) is 20.2 Å². The normalized spacial score (nSPS) is 14.0. The molecule has 1 aliphatic rings. The molecular weight excluding hydrogens is 432 g/mol. The Morgan fingerprint density at radius 2 is 1.82 bits per heavy atom. The number of hydrogen-bond acceptors (Lipinski definition) is 8. The first-order valence-electron chi connectivity index (χ1n) is 11.2. The third-order valence-electron chi connectivity index (χ3n) is 5.66. The second-order valence-corrected chi connectivity index (χ2v) is 8.47. The van der Waals surface area contributed by atoms with Gasteiger partial charge in [-0.05, 0) is 49.0 Å². The number of primary amides is 1. The van der Waals surface area contributed by atoms with Crippen LogP contribution in [0.1, 0.15) is 15.9 Å². The number of ether oxygens (including phenoxy) is 2. The second-order valence-electron chi connectivity index (χ2n) is 8.47. The summed E-state index contributed by atoms with van der Waals surface area (Å²) >= 11 is 0. The number of anilines is 2. The summed E-state index contributed by atoms with van der Waals surface area (Å²) in [4.78, 5) is 27.0. The molecule has 0 spiro atoms. The molecule has 0 unspecified atom stereocenters. The van der Waals surface area contributed by atoms with Crippen molar-refractivity contribution in [3.63, 3.8) is 0 Å². The molecule has 3 aromatic rings. The average Bonchev–Trinajstić information content (AvgIpc) is 2.84. The average molecular weight is 463 g/mol. The number of piperazine rings is 1. The van der Waals surface area contributed by atoms with E-state index in [0.29, 0.717) is 35.5 Å². The van der Waals surface area contributed by atoms with Gasteiger partial charge in [-0.2, -0.15) is 4.98 Å². The number of nitrogens with two attached hydrogens (primary N) is 1. The zero-order valence-electron chi connectivity index (χ0n) is 19.8. The quantitative estimate of drug-likeness (QED) is 0.546. The van der Waals surface area contributed by atoms with Crippen LogP contribution < -0.4 is 25.0 Å². The van der Waals surface area contributed by atoms with E-state index >= 15 is 0 Å². The standard InChI is InChI=1S/C25H30N6O3/c1-29(2)20-6-4-5-18(15-20)17-33-24-22(34-21-9-7-19(8-10-21)23(26)32)16-27-25(28-24)31-13-11-30(3)12-14-31/h4-10,15-16H,11-14,17H2,1-3H3,(H2,26,32). The minimum absolute atomic E-state index is 0.331. The highest BCUT2D eigenvalue weighted by Crippen LogP contribution is 2.32. The van der Waals surface area contributed by atoms with E-state index in [1.165, 1.54) is 0 Å². The largest absolute Gasteiger partial charge is 0.470 e. The summed E-state index contributed by atoms with van der Waals surface area (Å²) in [6.45, 7) is 3.91. The van der Waals surface area contributed by atoms with E-state index in [1.54, 1.807) is 30.5 Å². The molecule has 34 heavy (non-hydrogen) atoms. The molecule has 1 amide bonds. The molecule has 9 heteroatoms. The van der Waals surface area contributed by atoms with Crippen LogP contribution in [-0.4, -0.2) is 68.1 Å². The molecule has 2 heterocycles. The van der Waals surface area contributed by atoms with E-state index in [1.807, 2.05) is 37.2 Å². The number of likely N-dealkylation sites (N-methyl/N-ethyl adjacent to an activating group) is 1. The van der Waals surface area contributed by atoms with Crippen LogP contribution in [0, 0.1) is 0 Å². The van der Waals surface area contributed by atoms with Crippen molar-refractivity contribution in [2.75, 3.05) is 57.1 Å². The van der Waals surface area contributed by atoms with Gasteiger partial charge in [0.1, 0.15) is 12.4 Å². The minimum atomic E-state index is -0.490. The Kier molecular flexibility index (Phi) is 7.12. The Hall–Kier alpha value is -3.85. The lowest BCUT2D eigenvalue weighted by molar-refractivity contribution is 0.100. The predicted molar refractivity (Wildman–Crippen MR) is 132 cm³/mol. The summed E-state index contributed by atoms with van der Waals surface area (Å²) in [6.07, 6.45) is 1.63. The van der Waals surface area contributed by atoms with Gasteiger partial charge in [-0.15, -0.1) is 0 Å². The number of amides is 1. The van der Waals surface area contributed by atoms with Crippen molar-refractivity contribution in [1.82, 2.24) is 14.9 Å². The van der Waals surface area contributed by atoms with Crippen LogP contribution in [0.25, 0.3) is 0 Å². The maximum Gasteiger partial charge on any atom is 0.263 e. The Morgan fingerprint density at radius 3 is 2.50 bits per heavy atom. The highest BCUT2D eigenvalue weighted by molar-refractivity contribution is 5.92. The molecule has 0 atom stereocenters. The van der Waals surface area contributed by atoms with Gasteiger partial charge in [0.15, 0.2) is 0 Å². The molecule has 1 saturated heterocycles. The molecule has 4 rings (SSSR count). The zero-order chi connectivity index (χ0) is 24.1. The van der Waals surface area contributed by atoms with Crippen molar-refractivity contribution in [2.45, 2.75) is 6.61 Å². The molecule has 0 saturated carbocycles. The summed E-state index contributed by atoms with van der Waals surface area (Å²) in [7, 11) is 6.11. The van der Waals surface area contributed by atoms with Gasteiger partial charge in [-0.1, -0.05) is 12.1 Å². The van der Waals surface area contributed by atoms with Crippen LogP contribution in [0.15, 0.2) is 54.7 Å². The van der Waals surface area contributed by atoms with Gasteiger partial charge in [-0.25, -0.2) is 4.98 Å². The van der Waals surface area contributed by atoms with E-state index in [-0.39, 0.29) is 0 Å². The molecular formula is C25H30N6O3. The Bertz CT molecular complexity index is 1130. The molecule has 0 bridgehead atoms. The maximum atomic E-state index is 11.3. The van der Waals surface area contributed by atoms with E-state index < -0.39 is 5.91 Å². The monoisotopic (exact) mass is 462 g/mol. The summed E-state index contributed by atoms with van der Waals surface area (Å²) in [5.74, 6) is 1.41. The number of aromatic nitrogens is 2. The van der Waals surface area contributed by atoms with Gasteiger partial charge in [0, 0.05) is 51.5 Å². The van der Waals surface area contributed by atoms with Crippen molar-refractivity contribution in [3.05, 3.63) is 65.9 Å². The lowest BCUT2D eigenvalue weighted by atomic mass is 10.2. The third-order valence-corrected chi connectivity index (χ3v) is 5.66. The number of hydrogen-bond donors (Lipinski definition) is 1. The summed E-state index contributed by atoms with van der Waals surface area (Å²) < 4.78 is 12.2. The molecule has 1 fully saturated rings. The van der Waals surface area contributed by atoms with Crippen LogP contribution >= 0.6 is 0 Å². The number of benzene rings is 2. The van der Waals surface area contributed by atoms with Crippen LogP contribution in [0.2, 0.25) is 0 Å². The molecule has 178 valence electrons. The van der Waals surface area contributed by atoms with E-state index in [0.717, 1.165) is 37.4 Å². The summed E-state index contributed by atoms with van der Waals surface area (Å²) in [5, 5.41) is 0. The van der Waals surface area contributed by atoms with E-state index in [9.17, 15) is 4.79 Å². The smallest absolute Gasteiger partial charge is 0.263 e. The van der Waals surface area contributed by atoms with E-state index in [2.05, 4.69) is 27.9 Å². The Balaban J connectivity index is 1.57. The first-order chi connectivity index (χ1) is 16.4. The van der Waals surface area contributed by atoms with Crippen LogP contribution in [0.3, 0.4) is 0 Å². The van der Waals surface area contributed by atoms with Crippen LogP contribution in [0.5, 0.6) is 17.4 Å². The number of rotatable bonds is 8. The molecule has 1 aromatic heterocycles. The van der Waals surface area contributed by atoms with Crippen LogP contribution in [-0.2, 0) is 6.61 Å².